The quantitative estimate of drug-likeness (QED) is 0.416. The molecule has 9 nitrogen and oxygen atoms in total. The molecule has 3 atom stereocenters. The van der Waals surface area contributed by atoms with Crippen molar-refractivity contribution in [3.8, 4) is 11.6 Å². The van der Waals surface area contributed by atoms with Gasteiger partial charge in [-0.15, -0.1) is 0 Å². The number of nitrogens with zero attached hydrogens (tertiary/aromatic N) is 4. The largest absolute Gasteiger partial charge is 0.481 e. The summed E-state index contributed by atoms with van der Waals surface area (Å²) >= 11 is 6.37. The zero-order valence-electron chi connectivity index (χ0n) is 25.0. The molecule has 1 saturated heterocycles. The van der Waals surface area contributed by atoms with E-state index in [1.54, 1.807) is 13.0 Å². The molecule has 4 aliphatic rings. The first kappa shape index (κ1) is 29.5. The number of carbonyl (C=O) groups is 1. The van der Waals surface area contributed by atoms with E-state index < -0.39 is 6.41 Å². The molecule has 6 rings (SSSR count). The molecule has 0 radical (unpaired) electrons. The van der Waals surface area contributed by atoms with Crippen molar-refractivity contribution < 1.29 is 19.4 Å². The third kappa shape index (κ3) is 5.56. The smallest absolute Gasteiger partial charge is 0.281 e. The van der Waals surface area contributed by atoms with E-state index in [1.807, 2.05) is 16.7 Å². The van der Waals surface area contributed by atoms with Gasteiger partial charge in [0.25, 0.3) is 6.41 Å². The predicted molar refractivity (Wildman–Crippen MR) is 164 cm³/mol. The molecule has 1 aromatic carbocycles. The maximum atomic E-state index is 12.8. The minimum absolute atomic E-state index is 0.0244. The SMILES string of the molecule is COc1cc(OC(O)N2C[C@H](C)N(C(C)=O)c3ccc(C4CNN(C5CC5)C45CCCCCCCC5)cc32)c(Cl)cn1. The average Bonchev–Trinajstić information content (AvgIpc) is 3.73. The number of amides is 1. The second kappa shape index (κ2) is 12.2. The fourth-order valence-electron chi connectivity index (χ4n) is 7.61. The molecular formula is C32H44ClN5O4. The maximum Gasteiger partial charge on any atom is 0.281 e. The summed E-state index contributed by atoms with van der Waals surface area (Å²) in [6.07, 6.45) is 12.8. The van der Waals surface area contributed by atoms with Gasteiger partial charge < -0.3 is 24.4 Å². The summed E-state index contributed by atoms with van der Waals surface area (Å²) in [6, 6.07) is 8.48. The standard InChI is InChI=1S/C32H44ClN5O4/c1-21-20-36(31(40)42-29-17-30(41-3)34-19-26(29)33)28-16-23(10-13-27(28)37(21)22(2)39)25-18-35-38(24-11-12-24)32(25)14-8-6-4-5-7-9-15-32/h10,13,16-17,19,21,24-25,31,35,40H,4-9,11-12,14-15,18,20H2,1-3H3/t21-,25?,31?/m0/s1. The predicted octanol–water partition coefficient (Wildman–Crippen LogP) is 5.60. The molecule has 1 aromatic heterocycles. The van der Waals surface area contributed by atoms with E-state index >= 15 is 0 Å². The molecule has 2 aromatic rings. The van der Waals surface area contributed by atoms with Crippen LogP contribution in [0.5, 0.6) is 11.6 Å². The number of rotatable bonds is 6. The van der Waals surface area contributed by atoms with Gasteiger partial charge in [-0.25, -0.2) is 9.99 Å². The van der Waals surface area contributed by atoms with Gasteiger partial charge in [0.2, 0.25) is 11.8 Å². The molecular weight excluding hydrogens is 554 g/mol. The third-order valence-electron chi connectivity index (χ3n) is 9.69. The van der Waals surface area contributed by atoms with Crippen molar-refractivity contribution in [3.05, 3.63) is 41.0 Å². The first-order valence-electron chi connectivity index (χ1n) is 15.6. The Labute approximate surface area is 254 Å². The van der Waals surface area contributed by atoms with Crippen molar-refractivity contribution in [2.45, 2.75) is 108 Å². The van der Waals surface area contributed by atoms with Gasteiger partial charge >= 0.3 is 0 Å². The van der Waals surface area contributed by atoms with E-state index in [-0.39, 0.29) is 28.3 Å². The molecule has 1 amide bonds. The van der Waals surface area contributed by atoms with Crippen LogP contribution in [0.15, 0.2) is 30.5 Å². The molecule has 3 fully saturated rings. The summed E-state index contributed by atoms with van der Waals surface area (Å²) in [7, 11) is 1.52. The van der Waals surface area contributed by atoms with Crippen LogP contribution in [0.25, 0.3) is 0 Å². The van der Waals surface area contributed by atoms with Crippen LogP contribution >= 0.6 is 11.6 Å². The molecule has 2 N–H and O–H groups in total. The molecule has 0 bridgehead atoms. The van der Waals surface area contributed by atoms with E-state index in [1.165, 1.54) is 83.1 Å². The number of anilines is 2. The Morgan fingerprint density at radius 3 is 2.50 bits per heavy atom. The maximum absolute atomic E-state index is 12.8. The Kier molecular flexibility index (Phi) is 8.56. The lowest BCUT2D eigenvalue weighted by atomic mass is 9.73. The van der Waals surface area contributed by atoms with Crippen LogP contribution in [0, 0.1) is 0 Å². The van der Waals surface area contributed by atoms with Crippen molar-refractivity contribution in [1.29, 1.82) is 0 Å². The lowest BCUT2D eigenvalue weighted by molar-refractivity contribution is -0.117. The Hall–Kier alpha value is -2.59. The first-order valence-corrected chi connectivity index (χ1v) is 16.0. The van der Waals surface area contributed by atoms with E-state index in [2.05, 4.69) is 33.6 Å². The summed E-state index contributed by atoms with van der Waals surface area (Å²) < 4.78 is 11.2. The summed E-state index contributed by atoms with van der Waals surface area (Å²) in [6.45, 7) is 4.88. The van der Waals surface area contributed by atoms with E-state index in [4.69, 9.17) is 21.1 Å². The minimum Gasteiger partial charge on any atom is -0.481 e. The fourth-order valence-corrected chi connectivity index (χ4v) is 7.75. The number of aromatic nitrogens is 1. The number of nitrogens with one attached hydrogen (secondary N) is 1. The Morgan fingerprint density at radius 1 is 1.12 bits per heavy atom. The minimum atomic E-state index is -1.33. The van der Waals surface area contributed by atoms with Gasteiger partial charge in [0.05, 0.1) is 30.7 Å². The highest BCUT2D eigenvalue weighted by molar-refractivity contribution is 6.31. The van der Waals surface area contributed by atoms with Crippen LogP contribution in [0.2, 0.25) is 5.02 Å². The van der Waals surface area contributed by atoms with E-state index in [9.17, 15) is 9.90 Å². The molecule has 228 valence electrons. The number of aliphatic hydroxyl groups is 1. The molecule has 1 spiro atoms. The van der Waals surface area contributed by atoms with Crippen LogP contribution in [0.3, 0.4) is 0 Å². The number of hydrogen-bond donors (Lipinski definition) is 2. The number of hydrazine groups is 1. The van der Waals surface area contributed by atoms with Gasteiger partial charge in [-0.2, -0.15) is 0 Å². The molecule has 2 aliphatic heterocycles. The number of ether oxygens (including phenoxy) is 2. The zero-order valence-corrected chi connectivity index (χ0v) is 25.8. The van der Waals surface area contributed by atoms with E-state index in [0.29, 0.717) is 24.4 Å². The number of carbonyl (C=O) groups excluding carboxylic acids is 1. The van der Waals surface area contributed by atoms with Crippen molar-refractivity contribution >= 4 is 28.9 Å². The van der Waals surface area contributed by atoms with Gasteiger partial charge in [0.15, 0.2) is 5.75 Å². The van der Waals surface area contributed by atoms with Crippen LogP contribution in [-0.2, 0) is 4.79 Å². The molecule has 2 saturated carbocycles. The van der Waals surface area contributed by atoms with E-state index in [0.717, 1.165) is 17.9 Å². The first-order chi connectivity index (χ1) is 20.3. The Balaban J connectivity index is 1.38. The van der Waals surface area contributed by atoms with Crippen molar-refractivity contribution in [1.82, 2.24) is 15.4 Å². The average molecular weight is 598 g/mol. The highest BCUT2D eigenvalue weighted by atomic mass is 35.5. The lowest BCUT2D eigenvalue weighted by Crippen LogP contribution is -2.54. The number of halogens is 1. The zero-order chi connectivity index (χ0) is 29.4. The number of hydrogen-bond acceptors (Lipinski definition) is 8. The van der Waals surface area contributed by atoms with Gasteiger partial charge in [-0.05, 0) is 50.3 Å². The number of fused-ring (bicyclic) bond motifs is 1. The summed E-state index contributed by atoms with van der Waals surface area (Å²) in [5, 5.41) is 14.4. The molecule has 2 aliphatic carbocycles. The number of aliphatic hydroxyl groups excluding tert-OH is 1. The second-order valence-corrected chi connectivity index (χ2v) is 12.9. The van der Waals surface area contributed by atoms with Gasteiger partial charge in [-0.1, -0.05) is 56.2 Å². The van der Waals surface area contributed by atoms with Crippen molar-refractivity contribution in [2.24, 2.45) is 0 Å². The molecule has 10 heteroatoms. The van der Waals surface area contributed by atoms with Crippen molar-refractivity contribution in [3.63, 3.8) is 0 Å². The second-order valence-electron chi connectivity index (χ2n) is 12.5. The van der Waals surface area contributed by atoms with Gasteiger partial charge in [-0.3, -0.25) is 10.2 Å². The summed E-state index contributed by atoms with van der Waals surface area (Å²) in [5.41, 5.74) is 6.72. The Bertz CT molecular complexity index is 1280. The summed E-state index contributed by atoms with van der Waals surface area (Å²) in [4.78, 5) is 20.6. The van der Waals surface area contributed by atoms with Gasteiger partial charge in [0, 0.05) is 43.6 Å². The van der Waals surface area contributed by atoms with Gasteiger partial charge in [0.1, 0.15) is 5.02 Å². The fraction of sp³-hybridized carbons (Fsp3) is 0.625. The normalized spacial score (nSPS) is 25.4. The summed E-state index contributed by atoms with van der Waals surface area (Å²) in [5.74, 6) is 0.905. The monoisotopic (exact) mass is 597 g/mol. The number of methoxy groups -OCH3 is 1. The molecule has 2 unspecified atom stereocenters. The number of pyridine rings is 1. The topological polar surface area (TPSA) is 90.4 Å². The van der Waals surface area contributed by atoms with Crippen molar-refractivity contribution in [2.75, 3.05) is 30.0 Å². The molecule has 3 heterocycles. The van der Waals surface area contributed by atoms with Crippen LogP contribution in [-0.4, -0.2) is 65.2 Å². The van der Waals surface area contributed by atoms with Crippen LogP contribution in [0.4, 0.5) is 11.4 Å². The van der Waals surface area contributed by atoms with Crippen LogP contribution in [0.1, 0.15) is 89.5 Å². The highest BCUT2D eigenvalue weighted by Crippen LogP contribution is 2.50. The lowest BCUT2D eigenvalue weighted by Gasteiger charge is -2.45. The third-order valence-corrected chi connectivity index (χ3v) is 9.97. The molecule has 42 heavy (non-hydrogen) atoms. The number of benzene rings is 1. The highest BCUT2D eigenvalue weighted by Gasteiger charge is 2.53. The van der Waals surface area contributed by atoms with Crippen LogP contribution < -0.4 is 24.7 Å². The Morgan fingerprint density at radius 2 is 1.83 bits per heavy atom.